The van der Waals surface area contributed by atoms with Gasteiger partial charge < -0.3 is 24.8 Å². The Morgan fingerprint density at radius 2 is 1.82 bits per heavy atom. The van der Waals surface area contributed by atoms with Crippen molar-refractivity contribution in [3.05, 3.63) is 63.1 Å². The van der Waals surface area contributed by atoms with Crippen LogP contribution in [-0.4, -0.2) is 78.6 Å². The van der Waals surface area contributed by atoms with Crippen LogP contribution in [0.1, 0.15) is 73.0 Å². The number of carbonyl (C=O) groups excluding carboxylic acids is 2. The highest BCUT2D eigenvalue weighted by molar-refractivity contribution is 6.42. The quantitative estimate of drug-likeness (QED) is 0.423. The number of rotatable bonds is 8. The van der Waals surface area contributed by atoms with Crippen LogP contribution in [0.5, 0.6) is 5.75 Å². The first-order valence-corrected chi connectivity index (χ1v) is 14.8. The van der Waals surface area contributed by atoms with Crippen molar-refractivity contribution in [3.8, 4) is 5.75 Å². The fraction of sp³-hybridized carbons (Fsp3) is 0.533. The third kappa shape index (κ3) is 5.86. The van der Waals surface area contributed by atoms with Crippen LogP contribution in [0.3, 0.4) is 0 Å². The summed E-state index contributed by atoms with van der Waals surface area (Å²) in [5.74, 6) is 0.644. The number of likely N-dealkylation sites (tertiary alicyclic amines) is 1. The van der Waals surface area contributed by atoms with Crippen LogP contribution in [0, 0.1) is 0 Å². The lowest BCUT2D eigenvalue weighted by Crippen LogP contribution is -2.54. The Labute approximate surface area is 241 Å². The molecule has 210 valence electrons. The molecule has 3 amide bonds. The summed E-state index contributed by atoms with van der Waals surface area (Å²) in [5.41, 5.74) is 2.72. The molecule has 2 fully saturated rings. The molecule has 3 aliphatic rings. The van der Waals surface area contributed by atoms with Crippen LogP contribution in [-0.2, 0) is 0 Å². The van der Waals surface area contributed by atoms with Crippen molar-refractivity contribution < 1.29 is 14.3 Å². The molecular weight excluding hydrogens is 535 g/mol. The van der Waals surface area contributed by atoms with Gasteiger partial charge in [-0.2, -0.15) is 0 Å². The number of benzene rings is 2. The first kappa shape index (κ1) is 28.1. The van der Waals surface area contributed by atoms with E-state index in [4.69, 9.17) is 27.9 Å². The van der Waals surface area contributed by atoms with Gasteiger partial charge in [-0.05, 0) is 75.4 Å². The van der Waals surface area contributed by atoms with Crippen molar-refractivity contribution >= 4 is 35.1 Å². The number of piperidine rings is 1. The molecule has 5 rings (SSSR count). The topological polar surface area (TPSA) is 65.1 Å². The molecule has 2 aromatic carbocycles. The third-order valence-corrected chi connectivity index (χ3v) is 9.05. The van der Waals surface area contributed by atoms with Crippen LogP contribution < -0.4 is 10.1 Å². The van der Waals surface area contributed by atoms with E-state index >= 15 is 0 Å². The van der Waals surface area contributed by atoms with Gasteiger partial charge in [0.2, 0.25) is 0 Å². The van der Waals surface area contributed by atoms with Crippen molar-refractivity contribution in [2.75, 3.05) is 39.8 Å². The maximum absolute atomic E-state index is 13.5. The predicted molar refractivity (Wildman–Crippen MR) is 155 cm³/mol. The molecule has 0 radical (unpaired) electrons. The molecule has 39 heavy (non-hydrogen) atoms. The molecule has 0 bridgehead atoms. The van der Waals surface area contributed by atoms with Crippen LogP contribution in [0.25, 0.3) is 0 Å². The van der Waals surface area contributed by atoms with Gasteiger partial charge in [0.1, 0.15) is 5.75 Å². The number of amides is 3. The molecule has 0 aliphatic carbocycles. The zero-order valence-electron chi connectivity index (χ0n) is 23.0. The summed E-state index contributed by atoms with van der Waals surface area (Å²) in [6.07, 6.45) is 3.79. The van der Waals surface area contributed by atoms with Gasteiger partial charge in [-0.3, -0.25) is 4.79 Å². The Morgan fingerprint density at radius 1 is 1.05 bits per heavy atom. The van der Waals surface area contributed by atoms with E-state index in [0.29, 0.717) is 27.4 Å². The second-order valence-electron chi connectivity index (χ2n) is 11.2. The summed E-state index contributed by atoms with van der Waals surface area (Å²) < 4.78 is 6.04. The second kappa shape index (κ2) is 11.9. The number of likely N-dealkylation sites (N-methyl/N-ethyl adjacent to an activating group) is 1. The molecule has 3 heterocycles. The van der Waals surface area contributed by atoms with E-state index in [9.17, 15) is 9.59 Å². The number of ether oxygens (including phenoxy) is 1. The Kier molecular flexibility index (Phi) is 8.60. The fourth-order valence-corrected chi connectivity index (χ4v) is 6.70. The number of nitrogens with zero attached hydrogens (tertiary/aromatic N) is 3. The Balaban J connectivity index is 1.37. The summed E-state index contributed by atoms with van der Waals surface area (Å²) in [6, 6.07) is 12.0. The molecule has 2 aromatic rings. The van der Waals surface area contributed by atoms with Crippen LogP contribution in [0.15, 0.2) is 36.4 Å². The normalized spacial score (nSPS) is 21.3. The standard InChI is InChI=1S/C30H38Cl2N4O3/c1-19(2)39-26-7-4-6-23-27(26)29(37)34(3)28(23)22(20-8-9-24(31)25(32)18-20)12-17-35-15-10-21(11-16-35)36-14-5-13-33-30(36)38/h4,6-9,18-19,21-22,28H,5,10-17H2,1-3H3,(H,33,38). The second-order valence-corrected chi connectivity index (χ2v) is 12.0. The largest absolute Gasteiger partial charge is 0.490 e. The maximum atomic E-state index is 13.5. The maximum Gasteiger partial charge on any atom is 0.317 e. The number of urea groups is 1. The van der Waals surface area contributed by atoms with Crippen molar-refractivity contribution in [1.29, 1.82) is 0 Å². The van der Waals surface area contributed by atoms with Gasteiger partial charge in [-0.25, -0.2) is 4.79 Å². The Morgan fingerprint density at radius 3 is 2.51 bits per heavy atom. The van der Waals surface area contributed by atoms with E-state index < -0.39 is 0 Å². The molecule has 0 saturated carbocycles. The summed E-state index contributed by atoms with van der Waals surface area (Å²) in [6.45, 7) is 8.35. The highest BCUT2D eigenvalue weighted by Gasteiger charge is 2.42. The molecule has 2 saturated heterocycles. The first-order valence-electron chi connectivity index (χ1n) is 14.0. The first-order chi connectivity index (χ1) is 18.7. The van der Waals surface area contributed by atoms with Gasteiger partial charge >= 0.3 is 6.03 Å². The lowest BCUT2D eigenvalue weighted by molar-refractivity contribution is 0.0737. The average molecular weight is 574 g/mol. The van der Waals surface area contributed by atoms with E-state index in [1.807, 2.05) is 67.1 Å². The van der Waals surface area contributed by atoms with Crippen LogP contribution in [0.2, 0.25) is 10.0 Å². The van der Waals surface area contributed by atoms with Gasteiger partial charge in [0.25, 0.3) is 5.91 Å². The summed E-state index contributed by atoms with van der Waals surface area (Å²) in [4.78, 5) is 32.2. The summed E-state index contributed by atoms with van der Waals surface area (Å²) >= 11 is 12.8. The molecule has 9 heteroatoms. The molecule has 7 nitrogen and oxygen atoms in total. The lowest BCUT2D eigenvalue weighted by atomic mass is 9.84. The SMILES string of the molecule is CC(C)Oc1cccc2c1C(=O)N(C)C2C(CCN1CCC(N2CCCNC2=O)CC1)c1ccc(Cl)c(Cl)c1. The molecule has 0 aromatic heterocycles. The zero-order valence-corrected chi connectivity index (χ0v) is 24.5. The Bertz CT molecular complexity index is 1210. The van der Waals surface area contributed by atoms with Crippen molar-refractivity contribution in [2.45, 2.75) is 63.6 Å². The van der Waals surface area contributed by atoms with Crippen molar-refractivity contribution in [2.24, 2.45) is 0 Å². The minimum absolute atomic E-state index is 0.0167. The van der Waals surface area contributed by atoms with Gasteiger partial charge in [-0.15, -0.1) is 0 Å². The van der Waals surface area contributed by atoms with Gasteiger partial charge in [-0.1, -0.05) is 41.4 Å². The molecule has 2 atom stereocenters. The Hall–Kier alpha value is -2.48. The van der Waals surface area contributed by atoms with E-state index in [1.54, 1.807) is 0 Å². The number of fused-ring (bicyclic) bond motifs is 1. The molecular formula is C30H38Cl2N4O3. The number of nitrogens with one attached hydrogen (secondary N) is 1. The van der Waals surface area contributed by atoms with Crippen molar-refractivity contribution in [3.63, 3.8) is 0 Å². The van der Waals surface area contributed by atoms with Crippen LogP contribution in [0.4, 0.5) is 4.79 Å². The van der Waals surface area contributed by atoms with E-state index in [0.717, 1.165) is 69.5 Å². The predicted octanol–water partition coefficient (Wildman–Crippen LogP) is 5.96. The molecule has 1 N–H and O–H groups in total. The monoisotopic (exact) mass is 572 g/mol. The molecule has 0 spiro atoms. The van der Waals surface area contributed by atoms with Crippen LogP contribution >= 0.6 is 23.2 Å². The third-order valence-electron chi connectivity index (χ3n) is 8.31. The minimum Gasteiger partial charge on any atom is -0.490 e. The van der Waals surface area contributed by atoms with Gasteiger partial charge in [0, 0.05) is 45.2 Å². The van der Waals surface area contributed by atoms with E-state index in [-0.39, 0.29) is 30.0 Å². The minimum atomic E-state index is -0.143. The smallest absolute Gasteiger partial charge is 0.317 e. The van der Waals surface area contributed by atoms with E-state index in [1.165, 1.54) is 0 Å². The molecule has 2 unspecified atom stereocenters. The number of carbonyl (C=O) groups is 2. The lowest BCUT2D eigenvalue weighted by Gasteiger charge is -2.40. The summed E-state index contributed by atoms with van der Waals surface area (Å²) in [7, 11) is 1.88. The molecule has 3 aliphatic heterocycles. The number of halogens is 2. The van der Waals surface area contributed by atoms with E-state index in [2.05, 4.69) is 10.2 Å². The zero-order chi connectivity index (χ0) is 27.7. The summed E-state index contributed by atoms with van der Waals surface area (Å²) in [5, 5.41) is 4.02. The van der Waals surface area contributed by atoms with Crippen molar-refractivity contribution in [1.82, 2.24) is 20.0 Å². The average Bonchev–Trinajstić information content (AvgIpc) is 3.17. The number of hydrogen-bond acceptors (Lipinski definition) is 4. The van der Waals surface area contributed by atoms with Gasteiger partial charge in [0.15, 0.2) is 0 Å². The highest BCUT2D eigenvalue weighted by Crippen LogP contribution is 2.47. The fourth-order valence-electron chi connectivity index (χ4n) is 6.40. The van der Waals surface area contributed by atoms with Gasteiger partial charge in [0.05, 0.1) is 27.8 Å². The highest BCUT2D eigenvalue weighted by atomic mass is 35.5. The number of hydrogen-bond donors (Lipinski definition) is 1.